The zero-order valence-corrected chi connectivity index (χ0v) is 11.6. The number of aliphatic hydroxyl groups excluding tert-OH is 1. The van der Waals surface area contributed by atoms with Crippen molar-refractivity contribution in [2.24, 2.45) is 0 Å². The van der Waals surface area contributed by atoms with E-state index >= 15 is 0 Å². The van der Waals surface area contributed by atoms with Crippen LogP contribution < -0.4 is 5.32 Å². The van der Waals surface area contributed by atoms with Crippen LogP contribution in [0.15, 0.2) is 0 Å². The van der Waals surface area contributed by atoms with Gasteiger partial charge in [-0.3, -0.25) is 0 Å². The molecule has 16 heavy (non-hydrogen) atoms. The van der Waals surface area contributed by atoms with Gasteiger partial charge in [-0.25, -0.2) is 0 Å². The van der Waals surface area contributed by atoms with Gasteiger partial charge >= 0.3 is 0 Å². The van der Waals surface area contributed by atoms with E-state index < -0.39 is 0 Å². The molecule has 0 aliphatic heterocycles. The SMILES string of the molecule is CCCCN(C)CCC(C)(CO)NCCC. The molecule has 0 aliphatic rings. The predicted molar refractivity (Wildman–Crippen MR) is 70.8 cm³/mol. The summed E-state index contributed by atoms with van der Waals surface area (Å²) < 4.78 is 0. The average molecular weight is 230 g/mol. The van der Waals surface area contributed by atoms with Gasteiger partial charge in [-0.15, -0.1) is 0 Å². The van der Waals surface area contributed by atoms with Crippen LogP contribution >= 0.6 is 0 Å². The van der Waals surface area contributed by atoms with Gasteiger partial charge in [0.1, 0.15) is 0 Å². The van der Waals surface area contributed by atoms with Crippen molar-refractivity contribution in [3.05, 3.63) is 0 Å². The normalized spacial score (nSPS) is 15.4. The van der Waals surface area contributed by atoms with Gasteiger partial charge in [0, 0.05) is 5.54 Å². The van der Waals surface area contributed by atoms with Crippen LogP contribution in [0.3, 0.4) is 0 Å². The Kier molecular flexibility index (Phi) is 8.90. The minimum Gasteiger partial charge on any atom is -0.394 e. The lowest BCUT2D eigenvalue weighted by atomic mass is 9.98. The second kappa shape index (κ2) is 8.97. The number of nitrogens with zero attached hydrogens (tertiary/aromatic N) is 1. The average Bonchev–Trinajstić information content (AvgIpc) is 2.31. The predicted octanol–water partition coefficient (Wildman–Crippen LogP) is 1.86. The highest BCUT2D eigenvalue weighted by Gasteiger charge is 2.22. The largest absolute Gasteiger partial charge is 0.394 e. The minimum atomic E-state index is -0.115. The van der Waals surface area contributed by atoms with E-state index in [1.807, 2.05) is 0 Å². The van der Waals surface area contributed by atoms with E-state index in [1.165, 1.54) is 12.8 Å². The van der Waals surface area contributed by atoms with Gasteiger partial charge in [0.15, 0.2) is 0 Å². The van der Waals surface area contributed by atoms with Gasteiger partial charge in [-0.2, -0.15) is 0 Å². The van der Waals surface area contributed by atoms with Crippen LogP contribution in [0.1, 0.15) is 46.5 Å². The van der Waals surface area contributed by atoms with Crippen molar-refractivity contribution in [3.63, 3.8) is 0 Å². The maximum absolute atomic E-state index is 9.42. The van der Waals surface area contributed by atoms with Crippen LogP contribution in [0.4, 0.5) is 0 Å². The first-order valence-electron chi connectivity index (χ1n) is 6.62. The number of nitrogens with one attached hydrogen (secondary N) is 1. The van der Waals surface area contributed by atoms with Crippen molar-refractivity contribution in [3.8, 4) is 0 Å². The van der Waals surface area contributed by atoms with Crippen molar-refractivity contribution in [1.29, 1.82) is 0 Å². The molecule has 0 aromatic rings. The molecule has 2 N–H and O–H groups in total. The van der Waals surface area contributed by atoms with Crippen molar-refractivity contribution >= 4 is 0 Å². The molecule has 0 radical (unpaired) electrons. The van der Waals surface area contributed by atoms with Crippen LogP contribution in [-0.4, -0.2) is 48.8 Å². The van der Waals surface area contributed by atoms with Crippen molar-refractivity contribution < 1.29 is 5.11 Å². The molecule has 3 nitrogen and oxygen atoms in total. The summed E-state index contributed by atoms with van der Waals surface area (Å²) in [5, 5.41) is 12.9. The molecule has 0 fully saturated rings. The number of hydrogen-bond donors (Lipinski definition) is 2. The highest BCUT2D eigenvalue weighted by Crippen LogP contribution is 2.09. The first-order chi connectivity index (χ1) is 7.58. The molecule has 0 saturated heterocycles. The lowest BCUT2D eigenvalue weighted by Gasteiger charge is -2.31. The van der Waals surface area contributed by atoms with Crippen LogP contribution in [0.5, 0.6) is 0 Å². The van der Waals surface area contributed by atoms with E-state index in [0.29, 0.717) is 0 Å². The molecule has 1 atom stereocenters. The molecule has 0 aliphatic carbocycles. The Morgan fingerprint density at radius 2 is 1.88 bits per heavy atom. The lowest BCUT2D eigenvalue weighted by Crippen LogP contribution is -2.48. The number of rotatable bonds is 10. The van der Waals surface area contributed by atoms with Crippen molar-refractivity contribution in [2.45, 2.75) is 52.0 Å². The van der Waals surface area contributed by atoms with Crippen molar-refractivity contribution in [2.75, 3.05) is 33.3 Å². The monoisotopic (exact) mass is 230 g/mol. The molecular weight excluding hydrogens is 200 g/mol. The van der Waals surface area contributed by atoms with Gasteiger partial charge in [0.05, 0.1) is 6.61 Å². The summed E-state index contributed by atoms with van der Waals surface area (Å²) in [6, 6.07) is 0. The van der Waals surface area contributed by atoms with E-state index in [0.717, 1.165) is 32.5 Å². The Morgan fingerprint density at radius 1 is 1.19 bits per heavy atom. The molecule has 0 amide bonds. The molecule has 0 heterocycles. The van der Waals surface area contributed by atoms with Gasteiger partial charge in [0.2, 0.25) is 0 Å². The third kappa shape index (κ3) is 7.20. The van der Waals surface area contributed by atoms with Gasteiger partial charge < -0.3 is 15.3 Å². The van der Waals surface area contributed by atoms with E-state index in [2.05, 4.69) is 38.0 Å². The Hall–Kier alpha value is -0.120. The summed E-state index contributed by atoms with van der Waals surface area (Å²) in [6.07, 6.45) is 4.62. The third-order valence-corrected chi connectivity index (χ3v) is 3.09. The second-order valence-corrected chi connectivity index (χ2v) is 5.05. The Bertz CT molecular complexity index is 164. The summed E-state index contributed by atoms with van der Waals surface area (Å²) in [5.74, 6) is 0. The Balaban J connectivity index is 3.83. The lowest BCUT2D eigenvalue weighted by molar-refractivity contribution is 0.151. The Labute approximate surface area is 101 Å². The number of aliphatic hydroxyl groups is 1. The standard InChI is InChI=1S/C13H30N2O/c1-5-7-10-15(4)11-8-13(3,12-16)14-9-6-2/h14,16H,5-12H2,1-4H3. The smallest absolute Gasteiger partial charge is 0.0611 e. The molecule has 3 heteroatoms. The van der Waals surface area contributed by atoms with Crippen LogP contribution in [0.2, 0.25) is 0 Å². The summed E-state index contributed by atoms with van der Waals surface area (Å²) in [6.45, 7) is 9.88. The summed E-state index contributed by atoms with van der Waals surface area (Å²) in [4.78, 5) is 2.35. The zero-order valence-electron chi connectivity index (χ0n) is 11.6. The maximum atomic E-state index is 9.42. The molecule has 0 aromatic heterocycles. The van der Waals surface area contributed by atoms with E-state index in [9.17, 15) is 5.11 Å². The first kappa shape index (κ1) is 15.9. The van der Waals surface area contributed by atoms with E-state index in [4.69, 9.17) is 0 Å². The molecule has 0 saturated carbocycles. The molecule has 0 aromatic carbocycles. The third-order valence-electron chi connectivity index (χ3n) is 3.09. The fourth-order valence-corrected chi connectivity index (χ4v) is 1.63. The quantitative estimate of drug-likeness (QED) is 0.601. The van der Waals surface area contributed by atoms with E-state index in [-0.39, 0.29) is 12.1 Å². The topological polar surface area (TPSA) is 35.5 Å². The molecule has 0 rings (SSSR count). The summed E-state index contributed by atoms with van der Waals surface area (Å²) in [7, 11) is 2.16. The van der Waals surface area contributed by atoms with Crippen molar-refractivity contribution in [1.82, 2.24) is 10.2 Å². The molecular formula is C13H30N2O. The van der Waals surface area contributed by atoms with Gasteiger partial charge in [-0.05, 0) is 52.9 Å². The second-order valence-electron chi connectivity index (χ2n) is 5.05. The Morgan fingerprint density at radius 3 is 2.38 bits per heavy atom. The van der Waals surface area contributed by atoms with Gasteiger partial charge in [0.25, 0.3) is 0 Å². The number of unbranched alkanes of at least 4 members (excludes halogenated alkanes) is 1. The zero-order chi connectivity index (χ0) is 12.4. The fraction of sp³-hybridized carbons (Fsp3) is 1.00. The highest BCUT2D eigenvalue weighted by atomic mass is 16.3. The number of hydrogen-bond acceptors (Lipinski definition) is 3. The summed E-state index contributed by atoms with van der Waals surface area (Å²) in [5.41, 5.74) is -0.115. The minimum absolute atomic E-state index is 0.115. The first-order valence-corrected chi connectivity index (χ1v) is 6.62. The maximum Gasteiger partial charge on any atom is 0.0611 e. The summed E-state index contributed by atoms with van der Waals surface area (Å²) >= 11 is 0. The molecule has 98 valence electrons. The van der Waals surface area contributed by atoms with E-state index in [1.54, 1.807) is 0 Å². The molecule has 0 bridgehead atoms. The molecule has 1 unspecified atom stereocenters. The van der Waals surface area contributed by atoms with Gasteiger partial charge in [-0.1, -0.05) is 20.3 Å². The van der Waals surface area contributed by atoms with Crippen LogP contribution in [-0.2, 0) is 0 Å². The van der Waals surface area contributed by atoms with Crippen LogP contribution in [0, 0.1) is 0 Å². The highest BCUT2D eigenvalue weighted by molar-refractivity contribution is 4.82. The molecule has 0 spiro atoms. The fourth-order valence-electron chi connectivity index (χ4n) is 1.63. The van der Waals surface area contributed by atoms with Crippen LogP contribution in [0.25, 0.3) is 0 Å².